The maximum Gasteiger partial charge on any atom is 0.349 e. The van der Waals surface area contributed by atoms with E-state index >= 15 is 0 Å². The molecule has 6 aromatic carbocycles. The maximum atomic E-state index is 13.2. The quantitative estimate of drug-likeness (QED) is 0.145. The van der Waals surface area contributed by atoms with Crippen molar-refractivity contribution in [2.45, 2.75) is 117 Å². The first-order chi connectivity index (χ1) is 41.7. The van der Waals surface area contributed by atoms with Crippen LogP contribution in [0.2, 0.25) is 0 Å². The van der Waals surface area contributed by atoms with Crippen molar-refractivity contribution in [3.63, 3.8) is 0 Å². The van der Waals surface area contributed by atoms with E-state index in [1.165, 1.54) is 45.0 Å². The van der Waals surface area contributed by atoms with Crippen molar-refractivity contribution < 1.29 is 17.7 Å². The van der Waals surface area contributed by atoms with Crippen LogP contribution in [0.3, 0.4) is 0 Å². The zero-order valence-corrected chi connectivity index (χ0v) is 52.6. The monoisotopic (exact) mass is 1190 g/mol. The highest BCUT2D eigenvalue weighted by Crippen LogP contribution is 2.54. The summed E-state index contributed by atoms with van der Waals surface area (Å²) in [6.45, 7) is 28.6. The van der Waals surface area contributed by atoms with Crippen LogP contribution < -0.4 is 31.6 Å². The van der Waals surface area contributed by atoms with E-state index in [2.05, 4.69) is 112 Å². The maximum absolute atomic E-state index is 13.2. The average Bonchev–Trinajstić information content (AvgIpc) is 1.25. The standard InChI is InChI=1S/C26H26N2O3.C26H26N2O2S.C20H18N2O2S/c1-25(2)9-11-28-12-10-26(3,4)20-21(28)17(25)14-15-13-16(24(29)31-22(15)20)23-27-18-7-5-6-8-19(18)30-23;1-25(2)9-11-28-12-10-26(3,4)20-21(28)17(25)14-15-13-16(24(29)30-22(15)20)23-27-18-7-5-6-8-19(18)31-23;1-3-22(4-2)14-10-9-13-11-15(20(23)24-17(13)12-14)19-21-16-7-5-6-8-18(16)25-19/h2*5-8,13-14H,9-12H2,1-4H3;5-12H,3-4H2,1-2H3. The summed E-state index contributed by atoms with van der Waals surface area (Å²) in [5.41, 5.74) is 14.4. The van der Waals surface area contributed by atoms with E-state index < -0.39 is 5.63 Å². The molecule has 0 aliphatic carbocycles. The third kappa shape index (κ3) is 9.72. The minimum atomic E-state index is -0.404. The Hall–Kier alpha value is -8.40. The summed E-state index contributed by atoms with van der Waals surface area (Å²) in [6.07, 6.45) is 4.34. The molecule has 12 aromatic rings. The molecule has 6 aromatic heterocycles. The van der Waals surface area contributed by atoms with Gasteiger partial charge in [-0.3, -0.25) is 0 Å². The number of para-hydroxylation sites is 4. The Bertz CT molecular complexity index is 4620. The van der Waals surface area contributed by atoms with Crippen LogP contribution in [0, 0.1) is 0 Å². The van der Waals surface area contributed by atoms with Crippen molar-refractivity contribution in [1.82, 2.24) is 15.0 Å². The molecule has 4 aliphatic rings. The Morgan fingerprint density at radius 3 is 1.41 bits per heavy atom. The van der Waals surface area contributed by atoms with Gasteiger partial charge in [-0.05, 0) is 151 Å². The third-order valence-corrected chi connectivity index (χ3v) is 21.0. The van der Waals surface area contributed by atoms with Gasteiger partial charge in [0.15, 0.2) is 5.58 Å². The summed E-state index contributed by atoms with van der Waals surface area (Å²) >= 11 is 3.05. The highest BCUT2D eigenvalue weighted by Gasteiger charge is 2.44. The topological polar surface area (TPSA) is 152 Å². The molecule has 0 bridgehead atoms. The molecule has 0 fully saturated rings. The second kappa shape index (κ2) is 20.9. The Labute approximate surface area is 511 Å². The van der Waals surface area contributed by atoms with Gasteiger partial charge in [-0.2, -0.15) is 0 Å². The van der Waals surface area contributed by atoms with Crippen molar-refractivity contribution in [2.75, 3.05) is 54.0 Å². The first-order valence-corrected chi connectivity index (χ1v) is 32.0. The molecular formula is C72H70N6O7S2. The van der Waals surface area contributed by atoms with E-state index in [0.29, 0.717) is 44.3 Å². The molecule has 0 saturated carbocycles. The molecule has 442 valence electrons. The minimum absolute atomic E-state index is 0.0408. The summed E-state index contributed by atoms with van der Waals surface area (Å²) in [5.74, 6) is 0.309. The number of hydrogen-bond donors (Lipinski definition) is 0. The van der Waals surface area contributed by atoms with Crippen molar-refractivity contribution in [3.05, 3.63) is 175 Å². The van der Waals surface area contributed by atoms with Crippen LogP contribution in [0.15, 0.2) is 153 Å². The van der Waals surface area contributed by atoms with Crippen LogP contribution in [0.4, 0.5) is 17.1 Å². The van der Waals surface area contributed by atoms with Gasteiger partial charge in [0.05, 0.1) is 31.6 Å². The number of benzene rings is 6. The van der Waals surface area contributed by atoms with E-state index in [1.807, 2.05) is 103 Å². The Kier molecular flexibility index (Phi) is 13.6. The van der Waals surface area contributed by atoms with E-state index in [9.17, 15) is 14.4 Å². The van der Waals surface area contributed by atoms with Crippen molar-refractivity contribution >= 4 is 104 Å². The molecular weight excluding hydrogens is 1120 g/mol. The van der Waals surface area contributed by atoms with Gasteiger partial charge in [0, 0.05) is 89.7 Å². The van der Waals surface area contributed by atoms with Crippen molar-refractivity contribution in [2.24, 2.45) is 0 Å². The van der Waals surface area contributed by atoms with Gasteiger partial charge in [-0.25, -0.2) is 29.3 Å². The summed E-state index contributed by atoms with van der Waals surface area (Å²) in [7, 11) is 0. The van der Waals surface area contributed by atoms with E-state index in [0.717, 1.165) is 123 Å². The third-order valence-electron chi connectivity index (χ3n) is 18.9. The van der Waals surface area contributed by atoms with Crippen molar-refractivity contribution in [1.29, 1.82) is 0 Å². The molecule has 4 aliphatic heterocycles. The number of anilines is 3. The molecule has 0 saturated heterocycles. The average molecular weight is 1200 g/mol. The molecule has 0 atom stereocenters. The predicted molar refractivity (Wildman–Crippen MR) is 356 cm³/mol. The molecule has 0 amide bonds. The van der Waals surface area contributed by atoms with Crippen LogP contribution in [-0.4, -0.2) is 54.2 Å². The Morgan fingerprint density at radius 2 is 0.908 bits per heavy atom. The number of fused-ring (bicyclic) bond motifs is 8. The van der Waals surface area contributed by atoms with Gasteiger partial charge in [-0.1, -0.05) is 91.8 Å². The molecule has 13 nitrogen and oxygen atoms in total. The molecule has 10 heterocycles. The smallest absolute Gasteiger partial charge is 0.349 e. The molecule has 0 radical (unpaired) electrons. The lowest BCUT2D eigenvalue weighted by atomic mass is 9.69. The summed E-state index contributed by atoms with van der Waals surface area (Å²) < 4.78 is 25.8. The summed E-state index contributed by atoms with van der Waals surface area (Å²) in [4.78, 5) is 59.8. The number of nitrogens with zero attached hydrogens (tertiary/aromatic N) is 6. The number of oxazole rings is 1. The normalized spacial score (nSPS) is 16.8. The highest BCUT2D eigenvalue weighted by molar-refractivity contribution is 7.22. The molecule has 15 heteroatoms. The molecule has 87 heavy (non-hydrogen) atoms. The molecule has 0 spiro atoms. The van der Waals surface area contributed by atoms with Gasteiger partial charge >= 0.3 is 16.9 Å². The minimum Gasteiger partial charge on any atom is -0.436 e. The molecule has 0 N–H and O–H groups in total. The largest absolute Gasteiger partial charge is 0.436 e. The zero-order chi connectivity index (χ0) is 60.5. The van der Waals surface area contributed by atoms with Crippen LogP contribution >= 0.6 is 22.7 Å². The van der Waals surface area contributed by atoms with E-state index in [1.54, 1.807) is 11.3 Å². The first-order valence-electron chi connectivity index (χ1n) is 30.4. The highest BCUT2D eigenvalue weighted by atomic mass is 32.1. The van der Waals surface area contributed by atoms with Gasteiger partial charge in [0.2, 0.25) is 5.89 Å². The lowest BCUT2D eigenvalue weighted by molar-refractivity contribution is 0.398. The second-order valence-corrected chi connectivity index (χ2v) is 28.4. The van der Waals surface area contributed by atoms with Gasteiger partial charge in [0.1, 0.15) is 37.8 Å². The van der Waals surface area contributed by atoms with Crippen molar-refractivity contribution in [3.8, 4) is 32.6 Å². The van der Waals surface area contributed by atoms with Crippen LogP contribution in [0.25, 0.3) is 97.0 Å². The predicted octanol–water partition coefficient (Wildman–Crippen LogP) is 16.9. The summed E-state index contributed by atoms with van der Waals surface area (Å²) in [6, 6.07) is 39.7. The van der Waals surface area contributed by atoms with Gasteiger partial charge in [0.25, 0.3) is 0 Å². The van der Waals surface area contributed by atoms with Gasteiger partial charge < -0.3 is 32.4 Å². The molecule has 0 unspecified atom stereocenters. The molecule has 16 rings (SSSR count). The van der Waals surface area contributed by atoms with Gasteiger partial charge in [-0.15, -0.1) is 22.7 Å². The lowest BCUT2D eigenvalue weighted by Gasteiger charge is -2.48. The van der Waals surface area contributed by atoms with Crippen LogP contribution in [-0.2, 0) is 21.7 Å². The Balaban J connectivity index is 0.000000116. The second-order valence-electron chi connectivity index (χ2n) is 26.3. The number of aromatic nitrogens is 3. The fourth-order valence-electron chi connectivity index (χ4n) is 13.6. The first kappa shape index (κ1) is 56.4. The number of thiazole rings is 2. The zero-order valence-electron chi connectivity index (χ0n) is 51.0. The number of hydrogen-bond acceptors (Lipinski definition) is 15. The fourth-order valence-corrected chi connectivity index (χ4v) is 15.5. The van der Waals surface area contributed by atoms with Crippen LogP contribution in [0.5, 0.6) is 0 Å². The van der Waals surface area contributed by atoms with E-state index in [4.69, 9.17) is 22.7 Å². The van der Waals surface area contributed by atoms with Crippen LogP contribution in [0.1, 0.15) is 117 Å². The lowest BCUT2D eigenvalue weighted by Crippen LogP contribution is -2.44. The summed E-state index contributed by atoms with van der Waals surface area (Å²) in [5, 5.41) is 4.28. The SMILES string of the molecule is CC1(C)CCN2CCC(C)(C)c3c2c1cc1cc(-c2nc4ccccc4o2)c(=O)oc31.CC1(C)CCN2CCC(C)(C)c3c2c1cc1cc(-c2nc4ccccc4s2)c(=O)oc31.CCN(CC)c1ccc2cc(-c3nc4ccccc4s3)c(=O)oc2c1. The van der Waals surface area contributed by atoms with E-state index in [-0.39, 0.29) is 32.9 Å². The number of rotatable bonds is 6. The fraction of sp³-hybridized carbons (Fsp3) is 0.333. The Morgan fingerprint density at radius 1 is 0.460 bits per heavy atom.